The van der Waals surface area contributed by atoms with Gasteiger partial charge >= 0.3 is 18.4 Å². The number of nitrogens with one attached hydrogen (secondary N) is 2. The van der Waals surface area contributed by atoms with Crippen molar-refractivity contribution in [3.63, 3.8) is 0 Å². The Bertz CT molecular complexity index is 1000. The van der Waals surface area contributed by atoms with Crippen molar-refractivity contribution in [1.29, 1.82) is 0 Å². The lowest BCUT2D eigenvalue weighted by Crippen LogP contribution is -2.47. The molecular formula is C23H29BrF3N3O4S. The molecule has 0 fully saturated rings. The van der Waals surface area contributed by atoms with E-state index in [-0.39, 0.29) is 13.0 Å². The average molecular weight is 580 g/mol. The zero-order valence-electron chi connectivity index (χ0n) is 20.1. The molecular weight excluding hydrogens is 551 g/mol. The molecule has 1 atom stereocenters. The van der Waals surface area contributed by atoms with Gasteiger partial charge in [0, 0.05) is 13.0 Å². The summed E-state index contributed by atoms with van der Waals surface area (Å²) in [7, 11) is 0. The lowest BCUT2D eigenvalue weighted by molar-refractivity contribution is -0.137. The summed E-state index contributed by atoms with van der Waals surface area (Å²) in [5.41, 5.74) is -1.81. The molecule has 1 heterocycles. The molecule has 7 nitrogen and oxygen atoms in total. The molecule has 0 aliphatic heterocycles. The molecule has 2 N–H and O–H groups in total. The van der Waals surface area contributed by atoms with Gasteiger partial charge in [0.15, 0.2) is 0 Å². The molecule has 0 bridgehead atoms. The zero-order valence-corrected chi connectivity index (χ0v) is 22.5. The van der Waals surface area contributed by atoms with Crippen LogP contribution in [0.25, 0.3) is 0 Å². The largest absolute Gasteiger partial charge is 0.444 e. The van der Waals surface area contributed by atoms with Crippen LogP contribution in [0.5, 0.6) is 0 Å². The third kappa shape index (κ3) is 10.9. The second kappa shape index (κ2) is 11.6. The zero-order chi connectivity index (χ0) is 26.4. The van der Waals surface area contributed by atoms with E-state index < -0.39 is 41.2 Å². The smallest absolute Gasteiger partial charge is 0.416 e. The van der Waals surface area contributed by atoms with Crippen LogP contribution in [0, 0.1) is 0 Å². The van der Waals surface area contributed by atoms with Gasteiger partial charge in [0.05, 0.1) is 26.6 Å². The summed E-state index contributed by atoms with van der Waals surface area (Å²) < 4.78 is 50.2. The monoisotopic (exact) mass is 579 g/mol. The van der Waals surface area contributed by atoms with Crippen LogP contribution in [0.4, 0.5) is 22.8 Å². The Morgan fingerprint density at radius 3 is 2.20 bits per heavy atom. The first-order chi connectivity index (χ1) is 16.0. The van der Waals surface area contributed by atoms with Gasteiger partial charge < -0.3 is 20.1 Å². The third-order valence-corrected chi connectivity index (χ3v) is 5.92. The first kappa shape index (κ1) is 28.9. The number of amides is 2. The molecule has 0 aliphatic rings. The molecule has 12 heteroatoms. The maximum Gasteiger partial charge on any atom is 0.416 e. The number of carbonyl (C=O) groups is 2. The van der Waals surface area contributed by atoms with E-state index in [1.54, 1.807) is 40.8 Å². The molecule has 1 aromatic heterocycles. The summed E-state index contributed by atoms with van der Waals surface area (Å²) in [6.45, 7) is 8.58. The molecule has 0 saturated carbocycles. The lowest BCUT2D eigenvalue weighted by Gasteiger charge is -2.26. The van der Waals surface area contributed by atoms with E-state index in [1.807, 2.05) is 0 Å². The number of halogens is 4. The Kier molecular flexibility index (Phi) is 9.57. The van der Waals surface area contributed by atoms with E-state index in [4.69, 9.17) is 9.47 Å². The second-order valence-electron chi connectivity index (χ2n) is 9.51. The van der Waals surface area contributed by atoms with E-state index in [0.717, 1.165) is 20.9 Å². The highest BCUT2D eigenvalue weighted by molar-refractivity contribution is 9.11. The summed E-state index contributed by atoms with van der Waals surface area (Å²) in [5.74, 6) is 0. The highest BCUT2D eigenvalue weighted by atomic mass is 79.9. The van der Waals surface area contributed by atoms with Gasteiger partial charge in [0.2, 0.25) is 0 Å². The number of nitrogens with zero attached hydrogens (tertiary/aromatic N) is 1. The van der Waals surface area contributed by atoms with Crippen LogP contribution in [0.3, 0.4) is 0 Å². The third-order valence-electron chi connectivity index (χ3n) is 4.45. The number of hydrogen-bond donors (Lipinski definition) is 2. The maximum atomic E-state index is 12.9. The van der Waals surface area contributed by atoms with Crippen LogP contribution in [-0.2, 0) is 28.5 Å². The van der Waals surface area contributed by atoms with Crippen molar-refractivity contribution in [2.75, 3.05) is 6.54 Å². The molecule has 35 heavy (non-hydrogen) atoms. The number of alkyl carbamates (subject to hydrolysis) is 2. The molecule has 2 aromatic rings. The molecule has 0 aliphatic carbocycles. The number of rotatable bonds is 8. The number of ether oxygens (including phenoxy) is 2. The van der Waals surface area contributed by atoms with Gasteiger partial charge in [0.1, 0.15) is 11.2 Å². The number of carbonyl (C=O) groups excluding carboxylic acids is 2. The van der Waals surface area contributed by atoms with Gasteiger partial charge in [-0.05, 0) is 74.7 Å². The van der Waals surface area contributed by atoms with Crippen LogP contribution >= 0.6 is 27.3 Å². The minimum absolute atomic E-state index is 0.0298. The van der Waals surface area contributed by atoms with E-state index in [9.17, 15) is 22.8 Å². The maximum absolute atomic E-state index is 12.9. The molecule has 0 saturated heterocycles. The van der Waals surface area contributed by atoms with E-state index in [2.05, 4.69) is 31.5 Å². The Morgan fingerprint density at radius 2 is 1.69 bits per heavy atom. The topological polar surface area (TPSA) is 89.6 Å². The second-order valence-corrected chi connectivity index (χ2v) is 12.0. The van der Waals surface area contributed by atoms with Crippen molar-refractivity contribution in [3.8, 4) is 0 Å². The average Bonchev–Trinajstić information content (AvgIpc) is 3.07. The predicted octanol–water partition coefficient (Wildman–Crippen LogP) is 6.11. The van der Waals surface area contributed by atoms with Crippen LogP contribution in [0.2, 0.25) is 0 Å². The normalized spacial score (nSPS) is 13.2. The summed E-state index contributed by atoms with van der Waals surface area (Å²) in [4.78, 5) is 29.0. The highest BCUT2D eigenvalue weighted by Gasteiger charge is 2.30. The molecule has 0 spiro atoms. The van der Waals surface area contributed by atoms with Gasteiger partial charge in [-0.1, -0.05) is 12.1 Å². The first-order valence-electron chi connectivity index (χ1n) is 10.8. The fraction of sp³-hybridized carbons (Fsp3) is 0.522. The summed E-state index contributed by atoms with van der Waals surface area (Å²) in [6.07, 6.45) is -3.62. The standard InChI is InChI=1S/C23H29BrF3N3O4S/c1-21(2,3)33-20(32)30-16(10-14-6-8-15(9-7-14)23(25,26)27)12-29-19(31)34-22(4,5)11-18-28-13-17(24)35-18/h6-9,13,16H,10-12H2,1-5H3,(H,29,31)(H,30,32)/t16-/m0/s1. The summed E-state index contributed by atoms with van der Waals surface area (Å²) >= 11 is 4.78. The van der Waals surface area contributed by atoms with Crippen molar-refractivity contribution in [2.45, 2.75) is 70.9 Å². The SMILES string of the molecule is CC(C)(C)OC(=O)N[C@H](CNC(=O)OC(C)(C)Cc1ncc(Br)s1)Cc1ccc(C(F)(F)F)cc1. The number of hydrogen-bond acceptors (Lipinski definition) is 6. The Balaban J connectivity index is 2.02. The van der Waals surface area contributed by atoms with Crippen molar-refractivity contribution >= 4 is 39.5 Å². The first-order valence-corrected chi connectivity index (χ1v) is 12.4. The van der Waals surface area contributed by atoms with Crippen LogP contribution < -0.4 is 10.6 Å². The molecule has 1 aromatic carbocycles. The van der Waals surface area contributed by atoms with Gasteiger partial charge in [-0.25, -0.2) is 14.6 Å². The summed E-state index contributed by atoms with van der Waals surface area (Å²) in [6, 6.07) is 3.95. The minimum Gasteiger partial charge on any atom is -0.444 e. The Morgan fingerprint density at radius 1 is 1.06 bits per heavy atom. The van der Waals surface area contributed by atoms with E-state index >= 15 is 0 Å². The molecule has 2 amide bonds. The van der Waals surface area contributed by atoms with Crippen LogP contribution in [-0.4, -0.2) is 41.0 Å². The molecule has 0 radical (unpaired) electrons. The number of thiazole rings is 1. The quantitative estimate of drug-likeness (QED) is 0.394. The number of benzene rings is 1. The van der Waals surface area contributed by atoms with Crippen LogP contribution in [0.1, 0.15) is 50.8 Å². The van der Waals surface area contributed by atoms with Crippen LogP contribution in [0.15, 0.2) is 34.2 Å². The lowest BCUT2D eigenvalue weighted by atomic mass is 10.0. The number of aromatic nitrogens is 1. The van der Waals surface area contributed by atoms with Crippen molar-refractivity contribution < 1.29 is 32.2 Å². The van der Waals surface area contributed by atoms with Gasteiger partial charge in [-0.3, -0.25) is 0 Å². The minimum atomic E-state index is -4.44. The van der Waals surface area contributed by atoms with Crippen molar-refractivity contribution in [1.82, 2.24) is 15.6 Å². The van der Waals surface area contributed by atoms with E-state index in [1.165, 1.54) is 23.5 Å². The fourth-order valence-corrected chi connectivity index (χ4v) is 4.54. The fourth-order valence-electron chi connectivity index (χ4n) is 3.03. The molecule has 194 valence electrons. The Labute approximate surface area is 214 Å². The molecule has 0 unspecified atom stereocenters. The van der Waals surface area contributed by atoms with Crippen molar-refractivity contribution in [2.24, 2.45) is 0 Å². The van der Waals surface area contributed by atoms with E-state index in [0.29, 0.717) is 12.0 Å². The Hall–Kier alpha value is -2.34. The predicted molar refractivity (Wildman–Crippen MR) is 130 cm³/mol. The van der Waals surface area contributed by atoms with Crippen molar-refractivity contribution in [3.05, 3.63) is 50.4 Å². The van der Waals surface area contributed by atoms with Gasteiger partial charge in [-0.2, -0.15) is 13.2 Å². The molecule has 2 rings (SSSR count). The van der Waals surface area contributed by atoms with Gasteiger partial charge in [-0.15, -0.1) is 11.3 Å². The summed E-state index contributed by atoms with van der Waals surface area (Å²) in [5, 5.41) is 6.07. The van der Waals surface area contributed by atoms with Gasteiger partial charge in [0.25, 0.3) is 0 Å². The number of alkyl halides is 3. The highest BCUT2D eigenvalue weighted by Crippen LogP contribution is 2.29.